The van der Waals surface area contributed by atoms with Crippen molar-refractivity contribution in [3.05, 3.63) is 0 Å². The molecular weight excluding hydrogens is 268 g/mol. The third-order valence-electron chi connectivity index (χ3n) is 5.87. The van der Waals surface area contributed by atoms with Crippen LogP contribution in [0.4, 0.5) is 0 Å². The Hall–Kier alpha value is -0.160. The van der Waals surface area contributed by atoms with Crippen molar-refractivity contribution in [2.75, 3.05) is 6.61 Å². The van der Waals surface area contributed by atoms with Gasteiger partial charge in [0.05, 0.1) is 12.7 Å². The van der Waals surface area contributed by atoms with Gasteiger partial charge in [0, 0.05) is 12.8 Å². The van der Waals surface area contributed by atoms with E-state index >= 15 is 0 Å². The largest absolute Gasteiger partial charge is 0.394 e. The van der Waals surface area contributed by atoms with Crippen LogP contribution in [0.1, 0.15) is 71.1 Å². The molecule has 1 heterocycles. The van der Waals surface area contributed by atoms with Crippen LogP contribution in [0, 0.1) is 5.92 Å². The summed E-state index contributed by atoms with van der Waals surface area (Å²) in [5.74, 6) is -0.282. The minimum absolute atomic E-state index is 0.0813. The topological polar surface area (TPSA) is 58.9 Å². The van der Waals surface area contributed by atoms with E-state index in [2.05, 4.69) is 0 Å². The molecule has 0 unspecified atom stereocenters. The summed E-state index contributed by atoms with van der Waals surface area (Å²) in [7, 11) is 0. The van der Waals surface area contributed by atoms with Crippen molar-refractivity contribution in [1.82, 2.24) is 0 Å². The van der Waals surface area contributed by atoms with Crippen LogP contribution in [-0.4, -0.2) is 40.4 Å². The fraction of sp³-hybridized carbons (Fsp3) is 1.00. The van der Waals surface area contributed by atoms with Gasteiger partial charge in [0.2, 0.25) is 0 Å². The van der Waals surface area contributed by atoms with Gasteiger partial charge in [-0.05, 0) is 38.5 Å². The lowest BCUT2D eigenvalue weighted by atomic mass is 9.77. The first kappa shape index (κ1) is 15.7. The molecule has 0 aromatic carbocycles. The zero-order chi connectivity index (χ0) is 14.9. The number of aliphatic hydroxyl groups excluding tert-OH is 2. The van der Waals surface area contributed by atoms with Gasteiger partial charge in [-0.2, -0.15) is 0 Å². The molecule has 0 aromatic rings. The quantitative estimate of drug-likeness (QED) is 0.841. The Kier molecular flexibility index (Phi) is 4.60. The summed E-state index contributed by atoms with van der Waals surface area (Å²) in [5, 5.41) is 20.7. The second-order valence-corrected chi connectivity index (χ2v) is 7.39. The van der Waals surface area contributed by atoms with Crippen molar-refractivity contribution in [1.29, 1.82) is 0 Å². The first-order valence-electron chi connectivity index (χ1n) is 8.77. The molecule has 3 fully saturated rings. The van der Waals surface area contributed by atoms with Gasteiger partial charge >= 0.3 is 0 Å². The molecule has 2 aliphatic carbocycles. The Morgan fingerprint density at radius 2 is 1.67 bits per heavy atom. The molecule has 4 heteroatoms. The molecule has 2 N–H and O–H groups in total. The van der Waals surface area contributed by atoms with Crippen molar-refractivity contribution in [3.63, 3.8) is 0 Å². The average molecular weight is 298 g/mol. The van der Waals surface area contributed by atoms with Crippen LogP contribution in [0.15, 0.2) is 0 Å². The van der Waals surface area contributed by atoms with Crippen LogP contribution in [0.25, 0.3) is 0 Å². The summed E-state index contributed by atoms with van der Waals surface area (Å²) in [6.45, 7) is 1.86. The second kappa shape index (κ2) is 6.15. The fourth-order valence-electron chi connectivity index (χ4n) is 4.56. The van der Waals surface area contributed by atoms with Crippen molar-refractivity contribution in [2.45, 2.75) is 94.7 Å². The Morgan fingerprint density at radius 1 is 1.05 bits per heavy atom. The molecule has 3 aliphatic rings. The molecule has 0 aromatic heterocycles. The molecule has 122 valence electrons. The number of hydrogen-bond acceptors (Lipinski definition) is 4. The SMILES string of the molecule is C[C@]1([C@@H](O)C2CCCCC2)OC2(CCCCC2)O[C@H]1CO. The van der Waals surface area contributed by atoms with E-state index in [1.807, 2.05) is 6.92 Å². The Balaban J connectivity index is 1.76. The normalized spacial score (nSPS) is 38.7. The van der Waals surface area contributed by atoms with Gasteiger partial charge in [0.15, 0.2) is 5.79 Å². The monoisotopic (exact) mass is 298 g/mol. The first-order chi connectivity index (χ1) is 10.1. The van der Waals surface area contributed by atoms with Crippen LogP contribution in [0.3, 0.4) is 0 Å². The predicted molar refractivity (Wildman–Crippen MR) is 79.8 cm³/mol. The van der Waals surface area contributed by atoms with E-state index in [1.54, 1.807) is 0 Å². The standard InChI is InChI=1S/C17H30O4/c1-16(15(19)13-8-4-2-5-9-13)14(12-18)20-17(21-16)10-6-3-7-11-17/h13-15,18-19H,2-12H2,1H3/t14-,15-,16-/m0/s1. The van der Waals surface area contributed by atoms with E-state index in [0.29, 0.717) is 0 Å². The Labute approximate surface area is 127 Å². The molecule has 1 aliphatic heterocycles. The molecule has 3 atom stereocenters. The maximum absolute atomic E-state index is 10.9. The molecule has 0 amide bonds. The molecule has 0 radical (unpaired) electrons. The van der Waals surface area contributed by atoms with Crippen LogP contribution in [-0.2, 0) is 9.47 Å². The molecule has 1 saturated heterocycles. The lowest BCUT2D eigenvalue weighted by Crippen LogP contribution is -2.53. The van der Waals surface area contributed by atoms with Crippen molar-refractivity contribution in [3.8, 4) is 0 Å². The lowest BCUT2D eigenvalue weighted by Gasteiger charge is -2.40. The van der Waals surface area contributed by atoms with Crippen LogP contribution in [0.5, 0.6) is 0 Å². The van der Waals surface area contributed by atoms with E-state index in [4.69, 9.17) is 9.47 Å². The van der Waals surface area contributed by atoms with Crippen LogP contribution < -0.4 is 0 Å². The minimum Gasteiger partial charge on any atom is -0.394 e. The maximum Gasteiger partial charge on any atom is 0.169 e. The summed E-state index contributed by atoms with van der Waals surface area (Å²) in [4.78, 5) is 0. The molecule has 0 bridgehead atoms. The third-order valence-corrected chi connectivity index (χ3v) is 5.87. The number of aliphatic hydroxyl groups is 2. The average Bonchev–Trinajstić information content (AvgIpc) is 2.81. The highest BCUT2D eigenvalue weighted by molar-refractivity contribution is 5.02. The van der Waals surface area contributed by atoms with Gasteiger partial charge < -0.3 is 19.7 Å². The van der Waals surface area contributed by atoms with Gasteiger partial charge in [-0.25, -0.2) is 0 Å². The van der Waals surface area contributed by atoms with Gasteiger partial charge in [0.25, 0.3) is 0 Å². The zero-order valence-electron chi connectivity index (χ0n) is 13.2. The van der Waals surface area contributed by atoms with Crippen LogP contribution in [0.2, 0.25) is 0 Å². The van der Waals surface area contributed by atoms with Gasteiger partial charge in [-0.3, -0.25) is 0 Å². The highest BCUT2D eigenvalue weighted by Crippen LogP contribution is 2.48. The van der Waals surface area contributed by atoms with E-state index in [9.17, 15) is 10.2 Å². The zero-order valence-corrected chi connectivity index (χ0v) is 13.2. The summed E-state index contributed by atoms with van der Waals surface area (Å²) in [6.07, 6.45) is 10.0. The molecule has 21 heavy (non-hydrogen) atoms. The summed E-state index contributed by atoms with van der Waals surface area (Å²) in [6, 6.07) is 0. The minimum atomic E-state index is -0.770. The van der Waals surface area contributed by atoms with Crippen molar-refractivity contribution < 1.29 is 19.7 Å². The highest BCUT2D eigenvalue weighted by Gasteiger charge is 2.58. The number of ether oxygens (including phenoxy) is 2. The smallest absolute Gasteiger partial charge is 0.169 e. The fourth-order valence-corrected chi connectivity index (χ4v) is 4.56. The molecular formula is C17H30O4. The number of hydrogen-bond donors (Lipinski definition) is 2. The van der Waals surface area contributed by atoms with E-state index < -0.39 is 23.6 Å². The van der Waals surface area contributed by atoms with E-state index in [1.165, 1.54) is 25.7 Å². The van der Waals surface area contributed by atoms with Gasteiger partial charge in [-0.1, -0.05) is 25.7 Å². The molecule has 3 rings (SSSR count). The summed E-state index contributed by atoms with van der Waals surface area (Å²) >= 11 is 0. The third kappa shape index (κ3) is 2.88. The van der Waals surface area contributed by atoms with Crippen molar-refractivity contribution >= 4 is 0 Å². The van der Waals surface area contributed by atoms with Crippen molar-refractivity contribution in [2.24, 2.45) is 5.92 Å². The van der Waals surface area contributed by atoms with Gasteiger partial charge in [0.1, 0.15) is 11.7 Å². The second-order valence-electron chi connectivity index (χ2n) is 7.39. The Morgan fingerprint density at radius 3 is 2.29 bits per heavy atom. The van der Waals surface area contributed by atoms with Crippen LogP contribution >= 0.6 is 0 Å². The van der Waals surface area contributed by atoms with E-state index in [0.717, 1.165) is 38.5 Å². The van der Waals surface area contributed by atoms with Gasteiger partial charge in [-0.15, -0.1) is 0 Å². The molecule has 2 saturated carbocycles. The predicted octanol–water partition coefficient (Wildman–Crippen LogP) is 2.75. The molecule has 1 spiro atoms. The lowest BCUT2D eigenvalue weighted by molar-refractivity contribution is -0.222. The summed E-state index contributed by atoms with van der Waals surface area (Å²) < 4.78 is 12.5. The number of rotatable bonds is 3. The first-order valence-corrected chi connectivity index (χ1v) is 8.77. The van der Waals surface area contributed by atoms with E-state index in [-0.39, 0.29) is 12.5 Å². The molecule has 4 nitrogen and oxygen atoms in total. The summed E-state index contributed by atoms with van der Waals surface area (Å²) in [5.41, 5.74) is -0.770. The Bertz CT molecular complexity index is 347. The maximum atomic E-state index is 10.9. The highest BCUT2D eigenvalue weighted by atomic mass is 16.8.